The van der Waals surface area contributed by atoms with Crippen LogP contribution in [-0.4, -0.2) is 69.4 Å². The van der Waals surface area contributed by atoms with E-state index in [4.69, 9.17) is 9.90 Å². The summed E-state index contributed by atoms with van der Waals surface area (Å²) in [6.45, 7) is 7.30. The Labute approximate surface area is 185 Å². The fourth-order valence-electron chi connectivity index (χ4n) is 4.18. The number of hydrogen-bond donors (Lipinski definition) is 3. The van der Waals surface area contributed by atoms with Crippen LogP contribution in [0.3, 0.4) is 0 Å². The van der Waals surface area contributed by atoms with Gasteiger partial charge in [0.15, 0.2) is 5.65 Å². The van der Waals surface area contributed by atoms with E-state index in [1.54, 1.807) is 21.8 Å². The summed E-state index contributed by atoms with van der Waals surface area (Å²) in [7, 11) is 0. The van der Waals surface area contributed by atoms with Gasteiger partial charge >= 0.3 is 6.03 Å². The highest BCUT2D eigenvalue weighted by Gasteiger charge is 2.30. The Hall–Kier alpha value is -3.73. The summed E-state index contributed by atoms with van der Waals surface area (Å²) < 4.78 is 1.67. The number of fused-ring (bicyclic) bond motifs is 2. The number of nitrogens with zero attached hydrogens (tertiary/aromatic N) is 6. The van der Waals surface area contributed by atoms with Crippen molar-refractivity contribution in [2.24, 2.45) is 0 Å². The Morgan fingerprint density at radius 3 is 2.91 bits per heavy atom. The number of piperazine rings is 1. The summed E-state index contributed by atoms with van der Waals surface area (Å²) in [5, 5.41) is 17.6. The third kappa shape index (κ3) is 4.33. The van der Waals surface area contributed by atoms with Crippen LogP contribution in [0.5, 0.6) is 0 Å². The molecule has 11 nitrogen and oxygen atoms in total. The molecule has 0 aromatic carbocycles. The maximum atomic E-state index is 13.0. The Balaban J connectivity index is 0.000000775. The SMILES string of the molecule is Cc1nc2ccc(NC(=O)N3CCc4c(N5CCN[C@@H](C)C5)ccnc43)cn2n1.O=CO. The van der Waals surface area contributed by atoms with Gasteiger partial charge in [-0.3, -0.25) is 9.69 Å². The molecule has 32 heavy (non-hydrogen) atoms. The minimum atomic E-state index is -0.250. The van der Waals surface area contributed by atoms with Crippen molar-refractivity contribution in [3.05, 3.63) is 42.0 Å². The van der Waals surface area contributed by atoms with Crippen LogP contribution >= 0.6 is 0 Å². The predicted octanol–water partition coefficient (Wildman–Crippen LogP) is 1.53. The van der Waals surface area contributed by atoms with Gasteiger partial charge in [-0.05, 0) is 38.5 Å². The highest BCUT2D eigenvalue weighted by molar-refractivity contribution is 6.03. The first-order valence-corrected chi connectivity index (χ1v) is 10.5. The zero-order valence-corrected chi connectivity index (χ0v) is 18.0. The molecule has 5 heterocycles. The van der Waals surface area contributed by atoms with Crippen LogP contribution in [-0.2, 0) is 11.2 Å². The first-order valence-electron chi connectivity index (χ1n) is 10.5. The molecular weight excluding hydrogens is 412 g/mol. The fraction of sp³-hybridized carbons (Fsp3) is 0.381. The van der Waals surface area contributed by atoms with Gasteiger partial charge in [0.05, 0.1) is 11.9 Å². The van der Waals surface area contributed by atoms with E-state index in [1.165, 1.54) is 5.69 Å². The summed E-state index contributed by atoms with van der Waals surface area (Å²) in [4.78, 5) is 34.3. The van der Waals surface area contributed by atoms with E-state index in [-0.39, 0.29) is 12.5 Å². The summed E-state index contributed by atoms with van der Waals surface area (Å²) in [5.74, 6) is 1.45. The number of aromatic nitrogens is 4. The van der Waals surface area contributed by atoms with Crippen LogP contribution in [0.1, 0.15) is 18.3 Å². The van der Waals surface area contributed by atoms with Gasteiger partial charge in [-0.2, -0.15) is 5.10 Å². The highest BCUT2D eigenvalue weighted by atomic mass is 16.3. The molecule has 1 fully saturated rings. The van der Waals surface area contributed by atoms with Crippen molar-refractivity contribution < 1.29 is 14.7 Å². The zero-order valence-electron chi connectivity index (χ0n) is 18.0. The number of carbonyl (C=O) groups excluding carboxylic acids is 1. The molecule has 2 aliphatic rings. The Bertz CT molecular complexity index is 1130. The maximum absolute atomic E-state index is 13.0. The highest BCUT2D eigenvalue weighted by Crippen LogP contribution is 2.34. The van der Waals surface area contributed by atoms with Crippen molar-refractivity contribution in [1.82, 2.24) is 24.9 Å². The van der Waals surface area contributed by atoms with Gasteiger partial charge in [0, 0.05) is 49.7 Å². The van der Waals surface area contributed by atoms with E-state index in [0.717, 1.165) is 43.1 Å². The normalized spacial score (nSPS) is 17.5. The van der Waals surface area contributed by atoms with Crippen molar-refractivity contribution in [1.29, 1.82) is 0 Å². The number of carboxylic acid groups (broad SMARTS) is 1. The zero-order chi connectivity index (χ0) is 22.7. The van der Waals surface area contributed by atoms with Crippen molar-refractivity contribution in [2.45, 2.75) is 26.3 Å². The summed E-state index contributed by atoms with van der Waals surface area (Å²) in [6.07, 6.45) is 4.39. The molecule has 3 aromatic heterocycles. The summed E-state index contributed by atoms with van der Waals surface area (Å²) in [5.41, 5.74) is 3.77. The number of anilines is 3. The summed E-state index contributed by atoms with van der Waals surface area (Å²) >= 11 is 0. The molecule has 5 rings (SSSR count). The molecule has 0 aliphatic carbocycles. The number of rotatable bonds is 2. The van der Waals surface area contributed by atoms with Crippen LogP contribution in [0, 0.1) is 6.92 Å². The number of pyridine rings is 2. The van der Waals surface area contributed by atoms with Crippen LogP contribution in [0.4, 0.5) is 22.0 Å². The van der Waals surface area contributed by atoms with Gasteiger partial charge in [0.1, 0.15) is 11.6 Å². The van der Waals surface area contributed by atoms with E-state index >= 15 is 0 Å². The number of aryl methyl sites for hydroxylation is 1. The largest absolute Gasteiger partial charge is 0.483 e. The molecule has 1 atom stereocenters. The van der Waals surface area contributed by atoms with Gasteiger partial charge in [-0.25, -0.2) is 19.3 Å². The minimum absolute atomic E-state index is 0.182. The van der Waals surface area contributed by atoms with E-state index in [9.17, 15) is 4.79 Å². The van der Waals surface area contributed by atoms with Gasteiger partial charge in [0.2, 0.25) is 0 Å². The average molecular weight is 438 g/mol. The molecule has 3 N–H and O–H groups in total. The van der Waals surface area contributed by atoms with E-state index in [2.05, 4.69) is 43.6 Å². The second-order valence-corrected chi connectivity index (χ2v) is 7.75. The molecule has 0 saturated carbocycles. The first kappa shape index (κ1) is 21.5. The maximum Gasteiger partial charge on any atom is 0.327 e. The monoisotopic (exact) mass is 438 g/mol. The fourth-order valence-corrected chi connectivity index (χ4v) is 4.18. The molecule has 1 saturated heterocycles. The molecule has 0 spiro atoms. The summed E-state index contributed by atoms with van der Waals surface area (Å²) in [6, 6.07) is 6.01. The van der Waals surface area contributed by atoms with Crippen molar-refractivity contribution in [3.63, 3.8) is 0 Å². The van der Waals surface area contributed by atoms with Crippen LogP contribution < -0.4 is 20.4 Å². The second kappa shape index (κ2) is 9.18. The molecule has 168 valence electrons. The number of hydrogen-bond acceptors (Lipinski definition) is 7. The lowest BCUT2D eigenvalue weighted by atomic mass is 10.1. The Kier molecular flexibility index (Phi) is 6.17. The predicted molar refractivity (Wildman–Crippen MR) is 120 cm³/mol. The van der Waals surface area contributed by atoms with Crippen molar-refractivity contribution in [3.8, 4) is 0 Å². The van der Waals surface area contributed by atoms with Gasteiger partial charge in [-0.1, -0.05) is 0 Å². The third-order valence-electron chi connectivity index (χ3n) is 5.49. The number of amides is 2. The lowest BCUT2D eigenvalue weighted by Gasteiger charge is -2.34. The lowest BCUT2D eigenvalue weighted by molar-refractivity contribution is -0.122. The number of urea groups is 1. The van der Waals surface area contributed by atoms with Crippen molar-refractivity contribution in [2.75, 3.05) is 41.3 Å². The quantitative estimate of drug-likeness (QED) is 0.514. The number of nitrogens with one attached hydrogen (secondary N) is 2. The van der Waals surface area contributed by atoms with Gasteiger partial charge in [0.25, 0.3) is 6.47 Å². The second-order valence-electron chi connectivity index (χ2n) is 7.75. The van der Waals surface area contributed by atoms with Gasteiger partial charge in [-0.15, -0.1) is 0 Å². The average Bonchev–Trinajstić information content (AvgIpc) is 3.36. The Morgan fingerprint density at radius 1 is 1.31 bits per heavy atom. The minimum Gasteiger partial charge on any atom is -0.483 e. The Morgan fingerprint density at radius 2 is 2.12 bits per heavy atom. The molecule has 0 bridgehead atoms. The van der Waals surface area contributed by atoms with E-state index in [0.29, 0.717) is 24.1 Å². The molecule has 2 amide bonds. The third-order valence-corrected chi connectivity index (χ3v) is 5.49. The van der Waals surface area contributed by atoms with E-state index in [1.807, 2.05) is 19.1 Å². The van der Waals surface area contributed by atoms with E-state index < -0.39 is 0 Å². The topological polar surface area (TPSA) is 128 Å². The standard InChI is InChI=1S/C20H24N8O.CH2O2/c1-13-11-26(10-8-21-13)17-5-7-22-19-16(17)6-9-27(19)20(29)24-15-3-4-18-23-14(2)25-28(18)12-15;2-1-3/h3-5,7,12-13,21H,6,8-11H2,1-2H3,(H,24,29);1H,(H,2,3)/t13-;/m0./s1. The molecule has 0 radical (unpaired) electrons. The smallest absolute Gasteiger partial charge is 0.327 e. The van der Waals surface area contributed by atoms with Crippen LogP contribution in [0.25, 0.3) is 5.65 Å². The molecule has 3 aromatic rings. The first-order chi connectivity index (χ1) is 15.5. The molecular formula is C21H26N8O3. The number of carbonyl (C=O) groups is 2. The van der Waals surface area contributed by atoms with Crippen LogP contribution in [0.15, 0.2) is 30.6 Å². The molecule has 11 heteroatoms. The molecule has 0 unspecified atom stereocenters. The van der Waals surface area contributed by atoms with Crippen molar-refractivity contribution >= 4 is 35.3 Å². The van der Waals surface area contributed by atoms with Gasteiger partial charge < -0.3 is 20.6 Å². The van der Waals surface area contributed by atoms with Crippen LogP contribution in [0.2, 0.25) is 0 Å². The molecule has 2 aliphatic heterocycles. The lowest BCUT2D eigenvalue weighted by Crippen LogP contribution is -2.49.